The topological polar surface area (TPSA) is 56.1 Å². The fourth-order valence-electron chi connectivity index (χ4n) is 3.41. The van der Waals surface area contributed by atoms with Gasteiger partial charge in [-0.15, -0.1) is 0 Å². The van der Waals surface area contributed by atoms with Crippen molar-refractivity contribution < 1.29 is 4.74 Å². The van der Waals surface area contributed by atoms with Crippen LogP contribution in [0.25, 0.3) is 0 Å². The molecule has 0 fully saturated rings. The minimum absolute atomic E-state index is 0.390. The second-order valence-electron chi connectivity index (χ2n) is 6.73. The molecule has 6 nitrogen and oxygen atoms in total. The molecule has 134 valence electrons. The van der Waals surface area contributed by atoms with Crippen LogP contribution in [0.2, 0.25) is 0 Å². The molecule has 0 amide bonds. The molecule has 0 radical (unpaired) electrons. The van der Waals surface area contributed by atoms with Crippen LogP contribution in [0.15, 0.2) is 61.2 Å². The number of hydrogen-bond donors (Lipinski definition) is 0. The van der Waals surface area contributed by atoms with Crippen molar-refractivity contribution in [1.29, 1.82) is 0 Å². The van der Waals surface area contributed by atoms with Gasteiger partial charge in [-0.25, -0.2) is 0 Å². The van der Waals surface area contributed by atoms with E-state index in [2.05, 4.69) is 42.8 Å². The molecule has 4 rings (SSSR count). The standard InChI is InChI=1S/C20H23N5O/c1-2-7-22-19(3-1)16-26-15-18-12-24(11-17-4-8-21-9-5-17)14-20-6-10-23-25(20)13-18/h1-10,18H,11-16H2/t18-/m1/s1. The lowest BCUT2D eigenvalue weighted by Crippen LogP contribution is -2.30. The van der Waals surface area contributed by atoms with Crippen LogP contribution in [-0.4, -0.2) is 37.8 Å². The molecule has 0 unspecified atom stereocenters. The van der Waals surface area contributed by atoms with Crippen molar-refractivity contribution in [3.05, 3.63) is 78.1 Å². The lowest BCUT2D eigenvalue weighted by Gasteiger charge is -2.23. The van der Waals surface area contributed by atoms with Gasteiger partial charge in [0.2, 0.25) is 0 Å². The van der Waals surface area contributed by atoms with Crippen molar-refractivity contribution in [2.75, 3.05) is 13.2 Å². The lowest BCUT2D eigenvalue weighted by molar-refractivity contribution is 0.0640. The Labute approximate surface area is 153 Å². The molecule has 1 aliphatic heterocycles. The summed E-state index contributed by atoms with van der Waals surface area (Å²) in [5, 5.41) is 4.49. The molecule has 3 aromatic heterocycles. The molecule has 1 aliphatic rings. The van der Waals surface area contributed by atoms with Gasteiger partial charge in [-0.1, -0.05) is 6.07 Å². The molecule has 4 heterocycles. The van der Waals surface area contributed by atoms with Crippen molar-refractivity contribution >= 4 is 0 Å². The number of rotatable bonds is 6. The molecule has 1 atom stereocenters. The molecule has 0 aliphatic carbocycles. The third-order valence-electron chi connectivity index (χ3n) is 4.62. The van der Waals surface area contributed by atoms with Gasteiger partial charge in [-0.3, -0.25) is 19.5 Å². The molecule has 6 heteroatoms. The molecule has 0 saturated carbocycles. The molecule has 0 N–H and O–H groups in total. The van der Waals surface area contributed by atoms with Gasteiger partial charge in [0.05, 0.1) is 24.6 Å². The van der Waals surface area contributed by atoms with E-state index >= 15 is 0 Å². The van der Waals surface area contributed by atoms with E-state index in [-0.39, 0.29) is 0 Å². The van der Waals surface area contributed by atoms with Crippen LogP contribution in [-0.2, 0) is 31.0 Å². The van der Waals surface area contributed by atoms with Crippen LogP contribution >= 0.6 is 0 Å². The number of aromatic nitrogens is 4. The molecule has 3 aromatic rings. The highest BCUT2D eigenvalue weighted by Gasteiger charge is 2.22. The second-order valence-corrected chi connectivity index (χ2v) is 6.73. The van der Waals surface area contributed by atoms with Gasteiger partial charge in [0.15, 0.2) is 0 Å². The first-order chi connectivity index (χ1) is 12.9. The summed E-state index contributed by atoms with van der Waals surface area (Å²) in [6.07, 6.45) is 7.39. The summed E-state index contributed by atoms with van der Waals surface area (Å²) < 4.78 is 8.08. The van der Waals surface area contributed by atoms with Gasteiger partial charge in [-0.2, -0.15) is 5.10 Å². The van der Waals surface area contributed by atoms with Crippen molar-refractivity contribution in [1.82, 2.24) is 24.6 Å². The fraction of sp³-hybridized carbons (Fsp3) is 0.350. The van der Waals surface area contributed by atoms with Crippen molar-refractivity contribution in [2.45, 2.75) is 26.2 Å². The van der Waals surface area contributed by atoms with Gasteiger partial charge in [-0.05, 0) is 35.9 Å². The van der Waals surface area contributed by atoms with Crippen molar-refractivity contribution in [2.24, 2.45) is 5.92 Å². The van der Waals surface area contributed by atoms with E-state index in [1.807, 2.05) is 36.8 Å². The zero-order valence-electron chi connectivity index (χ0n) is 14.7. The Morgan fingerprint density at radius 2 is 1.92 bits per heavy atom. The van der Waals surface area contributed by atoms with E-state index in [0.717, 1.165) is 31.9 Å². The maximum Gasteiger partial charge on any atom is 0.0887 e. The van der Waals surface area contributed by atoms with Crippen molar-refractivity contribution in [3.63, 3.8) is 0 Å². The molecular formula is C20H23N5O. The monoisotopic (exact) mass is 349 g/mol. The number of nitrogens with zero attached hydrogens (tertiary/aromatic N) is 5. The smallest absolute Gasteiger partial charge is 0.0887 e. The van der Waals surface area contributed by atoms with Crippen LogP contribution in [0, 0.1) is 5.92 Å². The minimum Gasteiger partial charge on any atom is -0.375 e. The third kappa shape index (κ3) is 4.33. The number of fused-ring (bicyclic) bond motifs is 1. The Hall–Kier alpha value is -2.57. The minimum atomic E-state index is 0.390. The number of pyridine rings is 2. The normalized spacial score (nSPS) is 17.6. The fourth-order valence-corrected chi connectivity index (χ4v) is 3.41. The van der Waals surface area contributed by atoms with E-state index in [9.17, 15) is 0 Å². The molecule has 0 aromatic carbocycles. The van der Waals surface area contributed by atoms with Gasteiger partial charge in [0.25, 0.3) is 0 Å². The molecule has 0 saturated heterocycles. The Balaban J connectivity index is 1.40. The maximum atomic E-state index is 5.96. The Bertz CT molecular complexity index is 805. The average molecular weight is 349 g/mol. The van der Waals surface area contributed by atoms with E-state index < -0.39 is 0 Å². The lowest BCUT2D eigenvalue weighted by atomic mass is 10.1. The van der Waals surface area contributed by atoms with Crippen LogP contribution in [0.4, 0.5) is 0 Å². The zero-order chi connectivity index (χ0) is 17.6. The second kappa shape index (κ2) is 8.21. The van der Waals surface area contributed by atoms with Gasteiger partial charge < -0.3 is 4.74 Å². The Kier molecular flexibility index (Phi) is 5.33. The summed E-state index contributed by atoms with van der Waals surface area (Å²) in [7, 11) is 0. The summed E-state index contributed by atoms with van der Waals surface area (Å²) in [6.45, 7) is 4.92. The quantitative estimate of drug-likeness (QED) is 0.684. The highest BCUT2D eigenvalue weighted by molar-refractivity contribution is 5.10. The summed E-state index contributed by atoms with van der Waals surface area (Å²) in [5.41, 5.74) is 3.50. The van der Waals surface area contributed by atoms with Crippen LogP contribution in [0.5, 0.6) is 0 Å². The van der Waals surface area contributed by atoms with E-state index in [1.54, 1.807) is 6.20 Å². The van der Waals surface area contributed by atoms with E-state index in [4.69, 9.17) is 4.74 Å². The molecular weight excluding hydrogens is 326 g/mol. The van der Waals surface area contributed by atoms with Gasteiger partial charge >= 0.3 is 0 Å². The SMILES string of the molecule is c1ccc(COC[C@@H]2CN(Cc3ccncc3)Cc3ccnn3C2)nc1. The molecule has 26 heavy (non-hydrogen) atoms. The summed E-state index contributed by atoms with van der Waals surface area (Å²) >= 11 is 0. The number of hydrogen-bond acceptors (Lipinski definition) is 5. The summed E-state index contributed by atoms with van der Waals surface area (Å²) in [4.78, 5) is 10.9. The summed E-state index contributed by atoms with van der Waals surface area (Å²) in [5.74, 6) is 0.390. The zero-order valence-corrected chi connectivity index (χ0v) is 14.7. The largest absolute Gasteiger partial charge is 0.375 e. The Morgan fingerprint density at radius 3 is 2.77 bits per heavy atom. The molecule has 0 bridgehead atoms. The van der Waals surface area contributed by atoms with Gasteiger partial charge in [0.1, 0.15) is 0 Å². The first kappa shape index (κ1) is 16.9. The van der Waals surface area contributed by atoms with E-state index in [0.29, 0.717) is 19.1 Å². The van der Waals surface area contributed by atoms with Crippen LogP contribution in [0.3, 0.4) is 0 Å². The highest BCUT2D eigenvalue weighted by atomic mass is 16.5. The van der Waals surface area contributed by atoms with Crippen molar-refractivity contribution in [3.8, 4) is 0 Å². The maximum absolute atomic E-state index is 5.96. The third-order valence-corrected chi connectivity index (χ3v) is 4.62. The highest BCUT2D eigenvalue weighted by Crippen LogP contribution is 2.18. The van der Waals surface area contributed by atoms with Gasteiger partial charge in [0, 0.05) is 56.9 Å². The molecule has 0 spiro atoms. The average Bonchev–Trinajstić information content (AvgIpc) is 3.03. The first-order valence-electron chi connectivity index (χ1n) is 8.96. The Morgan fingerprint density at radius 1 is 1.00 bits per heavy atom. The number of ether oxygens (including phenoxy) is 1. The van der Waals surface area contributed by atoms with Crippen LogP contribution in [0.1, 0.15) is 17.0 Å². The first-order valence-corrected chi connectivity index (χ1v) is 8.96. The predicted molar refractivity (Wildman–Crippen MR) is 98.0 cm³/mol. The van der Waals surface area contributed by atoms with E-state index in [1.165, 1.54) is 11.3 Å². The van der Waals surface area contributed by atoms with Crippen LogP contribution < -0.4 is 0 Å². The predicted octanol–water partition coefficient (Wildman–Crippen LogP) is 2.52. The summed E-state index contributed by atoms with van der Waals surface area (Å²) in [6, 6.07) is 12.2.